The molecule has 0 saturated heterocycles. The SMILES string of the molecule is COC(=O)CCCC(=O)N[C@H](C)c1cnn(-c2ccccc2C)c1C. The number of hydrogen-bond acceptors (Lipinski definition) is 4. The summed E-state index contributed by atoms with van der Waals surface area (Å²) in [7, 11) is 1.35. The van der Waals surface area contributed by atoms with E-state index < -0.39 is 0 Å². The summed E-state index contributed by atoms with van der Waals surface area (Å²) in [5.41, 5.74) is 4.14. The van der Waals surface area contributed by atoms with E-state index in [1.165, 1.54) is 7.11 Å². The van der Waals surface area contributed by atoms with E-state index in [1.54, 1.807) is 6.20 Å². The van der Waals surface area contributed by atoms with Gasteiger partial charge in [0.2, 0.25) is 5.91 Å². The standard InChI is InChI=1S/C19H25N3O3/c1-13-8-5-6-9-17(13)22-15(3)16(12-20-22)14(2)21-18(23)10-7-11-19(24)25-4/h5-6,8-9,12,14H,7,10-11H2,1-4H3,(H,21,23)/t14-/m1/s1. The van der Waals surface area contributed by atoms with E-state index in [-0.39, 0.29) is 24.3 Å². The van der Waals surface area contributed by atoms with Crippen molar-refractivity contribution in [2.24, 2.45) is 0 Å². The number of carbonyl (C=O) groups is 2. The highest BCUT2D eigenvalue weighted by atomic mass is 16.5. The predicted molar refractivity (Wildman–Crippen MR) is 95.5 cm³/mol. The monoisotopic (exact) mass is 343 g/mol. The molecule has 0 unspecified atom stereocenters. The molecule has 6 heteroatoms. The zero-order valence-corrected chi connectivity index (χ0v) is 15.2. The van der Waals surface area contributed by atoms with Crippen LogP contribution in [0.3, 0.4) is 0 Å². The lowest BCUT2D eigenvalue weighted by atomic mass is 10.1. The Kier molecular flexibility index (Phi) is 6.33. The number of nitrogens with one attached hydrogen (secondary N) is 1. The lowest BCUT2D eigenvalue weighted by Gasteiger charge is -2.14. The van der Waals surface area contributed by atoms with Crippen LogP contribution < -0.4 is 5.32 Å². The number of amides is 1. The van der Waals surface area contributed by atoms with Gasteiger partial charge in [0.15, 0.2) is 0 Å². The summed E-state index contributed by atoms with van der Waals surface area (Å²) >= 11 is 0. The van der Waals surface area contributed by atoms with Crippen LogP contribution in [0, 0.1) is 13.8 Å². The number of esters is 1. The minimum atomic E-state index is -0.295. The van der Waals surface area contributed by atoms with Crippen molar-refractivity contribution in [2.45, 2.75) is 46.1 Å². The minimum Gasteiger partial charge on any atom is -0.469 e. The molecule has 1 aromatic carbocycles. The van der Waals surface area contributed by atoms with Gasteiger partial charge in [-0.2, -0.15) is 5.10 Å². The van der Waals surface area contributed by atoms with E-state index in [9.17, 15) is 9.59 Å². The van der Waals surface area contributed by atoms with E-state index in [1.807, 2.05) is 49.7 Å². The van der Waals surface area contributed by atoms with Gasteiger partial charge in [0.25, 0.3) is 0 Å². The Morgan fingerprint density at radius 2 is 1.96 bits per heavy atom. The molecular formula is C19H25N3O3. The molecule has 0 aliphatic heterocycles. The first-order chi connectivity index (χ1) is 11.9. The zero-order valence-electron chi connectivity index (χ0n) is 15.2. The quantitative estimate of drug-likeness (QED) is 0.784. The van der Waals surface area contributed by atoms with Gasteiger partial charge in [-0.15, -0.1) is 0 Å². The number of benzene rings is 1. The van der Waals surface area contributed by atoms with Gasteiger partial charge in [-0.1, -0.05) is 18.2 Å². The molecule has 0 aliphatic rings. The van der Waals surface area contributed by atoms with Crippen molar-refractivity contribution < 1.29 is 14.3 Å². The fourth-order valence-corrected chi connectivity index (χ4v) is 2.78. The molecule has 2 aromatic rings. The van der Waals surface area contributed by atoms with E-state index in [2.05, 4.69) is 15.2 Å². The summed E-state index contributed by atoms with van der Waals surface area (Å²) in [5, 5.41) is 7.44. The molecule has 0 spiro atoms. The predicted octanol–water partition coefficient (Wildman–Crippen LogP) is 3.01. The van der Waals surface area contributed by atoms with Crippen molar-refractivity contribution in [1.29, 1.82) is 0 Å². The second-order valence-corrected chi connectivity index (χ2v) is 6.10. The second kappa shape index (κ2) is 8.46. The van der Waals surface area contributed by atoms with Crippen LogP contribution in [-0.4, -0.2) is 28.8 Å². The second-order valence-electron chi connectivity index (χ2n) is 6.10. The lowest BCUT2D eigenvalue weighted by molar-refractivity contribution is -0.140. The molecule has 134 valence electrons. The molecule has 0 saturated carbocycles. The van der Waals surface area contributed by atoms with Gasteiger partial charge in [0.1, 0.15) is 0 Å². The van der Waals surface area contributed by atoms with Crippen LogP contribution in [-0.2, 0) is 14.3 Å². The van der Waals surface area contributed by atoms with Crippen molar-refractivity contribution in [3.8, 4) is 5.69 Å². The number of carbonyl (C=O) groups excluding carboxylic acids is 2. The largest absolute Gasteiger partial charge is 0.469 e. The van der Waals surface area contributed by atoms with Crippen molar-refractivity contribution >= 4 is 11.9 Å². The van der Waals surface area contributed by atoms with Crippen LogP contribution >= 0.6 is 0 Å². The van der Waals surface area contributed by atoms with Crippen LogP contribution in [0.2, 0.25) is 0 Å². The van der Waals surface area contributed by atoms with Crippen LogP contribution in [0.25, 0.3) is 5.69 Å². The molecule has 1 amide bonds. The number of nitrogens with zero attached hydrogens (tertiary/aromatic N) is 2. The third kappa shape index (κ3) is 4.68. The van der Waals surface area contributed by atoms with Crippen molar-refractivity contribution in [3.63, 3.8) is 0 Å². The number of ether oxygens (including phenoxy) is 1. The van der Waals surface area contributed by atoms with Gasteiger partial charge >= 0.3 is 5.97 Å². The molecule has 0 aliphatic carbocycles. The van der Waals surface area contributed by atoms with E-state index >= 15 is 0 Å². The first-order valence-corrected chi connectivity index (χ1v) is 8.40. The maximum atomic E-state index is 12.0. The zero-order chi connectivity index (χ0) is 18.4. The Morgan fingerprint density at radius 3 is 2.64 bits per heavy atom. The molecule has 1 atom stereocenters. The minimum absolute atomic E-state index is 0.0838. The van der Waals surface area contributed by atoms with E-state index in [0.29, 0.717) is 12.8 Å². The van der Waals surface area contributed by atoms with Gasteiger partial charge in [-0.25, -0.2) is 4.68 Å². The van der Waals surface area contributed by atoms with Gasteiger partial charge in [-0.05, 0) is 38.8 Å². The highest BCUT2D eigenvalue weighted by Gasteiger charge is 2.17. The maximum absolute atomic E-state index is 12.0. The number of aryl methyl sites for hydroxylation is 1. The number of methoxy groups -OCH3 is 1. The van der Waals surface area contributed by atoms with Crippen LogP contribution in [0.15, 0.2) is 30.5 Å². The molecule has 6 nitrogen and oxygen atoms in total. The van der Waals surface area contributed by atoms with Crippen molar-refractivity contribution in [2.75, 3.05) is 7.11 Å². The van der Waals surface area contributed by atoms with Crippen LogP contribution in [0.5, 0.6) is 0 Å². The summed E-state index contributed by atoms with van der Waals surface area (Å²) in [6, 6.07) is 7.90. The molecule has 1 aromatic heterocycles. The number of para-hydroxylation sites is 1. The Labute approximate surface area is 148 Å². The highest BCUT2D eigenvalue weighted by molar-refractivity contribution is 5.77. The lowest BCUT2D eigenvalue weighted by Crippen LogP contribution is -2.26. The summed E-state index contributed by atoms with van der Waals surface area (Å²) in [4.78, 5) is 23.1. The number of hydrogen-bond donors (Lipinski definition) is 1. The number of rotatable bonds is 7. The van der Waals surface area contributed by atoms with Crippen molar-refractivity contribution in [3.05, 3.63) is 47.3 Å². The van der Waals surface area contributed by atoms with Gasteiger partial charge in [0.05, 0.1) is 25.0 Å². The van der Waals surface area contributed by atoms with Gasteiger partial charge < -0.3 is 10.1 Å². The molecular weight excluding hydrogens is 318 g/mol. The topological polar surface area (TPSA) is 73.2 Å². The Bertz CT molecular complexity index is 752. The Hall–Kier alpha value is -2.63. The molecule has 1 N–H and O–H groups in total. The van der Waals surface area contributed by atoms with Gasteiger partial charge in [-0.3, -0.25) is 9.59 Å². The summed E-state index contributed by atoms with van der Waals surface area (Å²) in [5.74, 6) is -0.379. The molecule has 1 heterocycles. The maximum Gasteiger partial charge on any atom is 0.305 e. The first kappa shape index (κ1) is 18.7. The molecule has 0 bridgehead atoms. The fourth-order valence-electron chi connectivity index (χ4n) is 2.78. The van der Waals surface area contributed by atoms with Crippen LogP contribution in [0.4, 0.5) is 0 Å². The normalized spacial score (nSPS) is 11.8. The Balaban J connectivity index is 2.01. The smallest absolute Gasteiger partial charge is 0.305 e. The third-order valence-corrected chi connectivity index (χ3v) is 4.25. The van der Waals surface area contributed by atoms with E-state index in [0.717, 1.165) is 22.5 Å². The number of aromatic nitrogens is 2. The molecule has 0 radical (unpaired) electrons. The van der Waals surface area contributed by atoms with E-state index in [4.69, 9.17) is 0 Å². The average molecular weight is 343 g/mol. The molecule has 2 rings (SSSR count). The van der Waals surface area contributed by atoms with Gasteiger partial charge in [0, 0.05) is 24.1 Å². The summed E-state index contributed by atoms with van der Waals surface area (Å²) in [6.45, 7) is 5.97. The summed E-state index contributed by atoms with van der Waals surface area (Å²) in [6.07, 6.45) is 2.82. The van der Waals surface area contributed by atoms with Crippen molar-refractivity contribution in [1.82, 2.24) is 15.1 Å². The molecule has 25 heavy (non-hydrogen) atoms. The average Bonchev–Trinajstić information content (AvgIpc) is 2.96. The fraction of sp³-hybridized carbons (Fsp3) is 0.421. The Morgan fingerprint density at radius 1 is 1.24 bits per heavy atom. The third-order valence-electron chi connectivity index (χ3n) is 4.25. The van der Waals surface area contributed by atoms with Crippen LogP contribution in [0.1, 0.15) is 49.0 Å². The first-order valence-electron chi connectivity index (χ1n) is 8.40. The molecule has 0 fully saturated rings. The summed E-state index contributed by atoms with van der Waals surface area (Å²) < 4.78 is 6.46. The highest BCUT2D eigenvalue weighted by Crippen LogP contribution is 2.22.